The Balaban J connectivity index is 2.60. The smallest absolute Gasteiger partial charge is 0.408 e. The van der Waals surface area contributed by atoms with Crippen molar-refractivity contribution in [3.8, 4) is 0 Å². The van der Waals surface area contributed by atoms with Crippen LogP contribution < -0.4 is 10.6 Å². The first-order valence-electron chi connectivity index (χ1n) is 8.56. The van der Waals surface area contributed by atoms with E-state index in [2.05, 4.69) is 10.6 Å². The molecule has 2 amide bonds. The van der Waals surface area contributed by atoms with Gasteiger partial charge in [-0.1, -0.05) is 44.2 Å². The van der Waals surface area contributed by atoms with E-state index in [1.807, 2.05) is 44.2 Å². The number of ether oxygens (including phenoxy) is 2. The Kier molecular flexibility index (Phi) is 8.41. The predicted octanol–water partition coefficient (Wildman–Crippen LogP) is 2.87. The summed E-state index contributed by atoms with van der Waals surface area (Å²) in [6.07, 6.45) is -0.638. The minimum Gasteiger partial charge on any atom is -0.444 e. The maximum Gasteiger partial charge on any atom is 0.408 e. The van der Waals surface area contributed by atoms with Crippen molar-refractivity contribution >= 4 is 12.0 Å². The quantitative estimate of drug-likeness (QED) is 0.756. The Bertz CT molecular complexity index is 538. The Morgan fingerprint density at radius 2 is 1.76 bits per heavy atom. The number of hydrogen-bond acceptors (Lipinski definition) is 4. The number of hydrogen-bond donors (Lipinski definition) is 2. The van der Waals surface area contributed by atoms with Gasteiger partial charge in [0.1, 0.15) is 11.6 Å². The highest BCUT2D eigenvalue weighted by atomic mass is 16.6. The van der Waals surface area contributed by atoms with Gasteiger partial charge in [0, 0.05) is 6.54 Å². The van der Waals surface area contributed by atoms with Gasteiger partial charge >= 0.3 is 6.09 Å². The maximum absolute atomic E-state index is 12.3. The van der Waals surface area contributed by atoms with Crippen LogP contribution in [-0.2, 0) is 20.9 Å². The zero-order valence-corrected chi connectivity index (χ0v) is 15.8. The Morgan fingerprint density at radius 3 is 2.32 bits per heavy atom. The normalized spacial score (nSPS) is 12.6. The van der Waals surface area contributed by atoms with Crippen molar-refractivity contribution in [1.29, 1.82) is 0 Å². The van der Waals surface area contributed by atoms with E-state index in [-0.39, 0.29) is 12.5 Å². The lowest BCUT2D eigenvalue weighted by Gasteiger charge is -2.23. The van der Waals surface area contributed by atoms with Crippen LogP contribution >= 0.6 is 0 Å². The van der Waals surface area contributed by atoms with E-state index in [0.717, 1.165) is 5.56 Å². The van der Waals surface area contributed by atoms with Crippen LogP contribution in [0.5, 0.6) is 0 Å². The molecule has 1 unspecified atom stereocenters. The van der Waals surface area contributed by atoms with E-state index in [1.54, 1.807) is 20.8 Å². The summed E-state index contributed by atoms with van der Waals surface area (Å²) >= 11 is 0. The van der Waals surface area contributed by atoms with Gasteiger partial charge in [0.25, 0.3) is 0 Å². The summed E-state index contributed by atoms with van der Waals surface area (Å²) in [7, 11) is 0. The van der Waals surface area contributed by atoms with Crippen LogP contribution in [0.15, 0.2) is 30.3 Å². The molecule has 0 saturated carbocycles. The summed E-state index contributed by atoms with van der Waals surface area (Å²) < 4.78 is 10.8. The maximum atomic E-state index is 12.3. The molecule has 2 N–H and O–H groups in total. The van der Waals surface area contributed by atoms with Crippen LogP contribution in [0.1, 0.15) is 40.2 Å². The Labute approximate surface area is 150 Å². The van der Waals surface area contributed by atoms with Gasteiger partial charge in [-0.2, -0.15) is 0 Å². The Hall–Kier alpha value is -2.08. The fraction of sp³-hybridized carbons (Fsp3) is 0.579. The first-order valence-corrected chi connectivity index (χ1v) is 8.56. The van der Waals surface area contributed by atoms with Gasteiger partial charge < -0.3 is 20.1 Å². The van der Waals surface area contributed by atoms with Crippen molar-refractivity contribution < 1.29 is 19.1 Å². The minimum absolute atomic E-state index is 0.0675. The largest absolute Gasteiger partial charge is 0.444 e. The average molecular weight is 350 g/mol. The molecule has 0 heterocycles. The molecule has 1 aromatic rings. The lowest BCUT2D eigenvalue weighted by atomic mass is 10.2. The van der Waals surface area contributed by atoms with E-state index in [0.29, 0.717) is 19.1 Å². The molecule has 1 atom stereocenters. The molecular formula is C19H30N2O4. The molecule has 6 heteroatoms. The zero-order valence-electron chi connectivity index (χ0n) is 15.8. The van der Waals surface area contributed by atoms with Crippen LogP contribution in [0.2, 0.25) is 0 Å². The van der Waals surface area contributed by atoms with Crippen molar-refractivity contribution in [3.63, 3.8) is 0 Å². The van der Waals surface area contributed by atoms with Crippen LogP contribution in [0, 0.1) is 5.92 Å². The molecule has 0 aliphatic heterocycles. The van der Waals surface area contributed by atoms with Crippen LogP contribution in [0.25, 0.3) is 0 Å². The van der Waals surface area contributed by atoms with Crippen molar-refractivity contribution in [2.45, 2.75) is 52.9 Å². The summed E-state index contributed by atoms with van der Waals surface area (Å²) in [4.78, 5) is 24.3. The molecule has 0 aliphatic rings. The van der Waals surface area contributed by atoms with Gasteiger partial charge in [0.05, 0.1) is 13.2 Å². The predicted molar refractivity (Wildman–Crippen MR) is 97.1 cm³/mol. The van der Waals surface area contributed by atoms with Gasteiger partial charge in [-0.3, -0.25) is 4.79 Å². The highest BCUT2D eigenvalue weighted by molar-refractivity contribution is 5.85. The Morgan fingerprint density at radius 1 is 1.12 bits per heavy atom. The zero-order chi connectivity index (χ0) is 18.9. The highest BCUT2D eigenvalue weighted by Gasteiger charge is 2.24. The standard InChI is InChI=1S/C19H30N2O4/c1-14(2)11-20-17(22)16(21-18(23)25-19(3,4)5)13-24-12-15-9-7-6-8-10-15/h6-10,14,16H,11-13H2,1-5H3,(H,20,22)(H,21,23). The second-order valence-electron chi connectivity index (χ2n) is 7.34. The van der Waals surface area contributed by atoms with Gasteiger partial charge in [-0.05, 0) is 32.3 Å². The molecular weight excluding hydrogens is 320 g/mol. The van der Waals surface area contributed by atoms with Crippen molar-refractivity contribution in [2.24, 2.45) is 5.92 Å². The first kappa shape index (κ1) is 21.0. The van der Waals surface area contributed by atoms with Gasteiger partial charge in [-0.25, -0.2) is 4.79 Å². The summed E-state index contributed by atoms with van der Waals surface area (Å²) in [5.41, 5.74) is 0.370. The summed E-state index contributed by atoms with van der Waals surface area (Å²) in [5, 5.41) is 5.39. The SMILES string of the molecule is CC(C)CNC(=O)C(COCc1ccccc1)NC(=O)OC(C)(C)C. The molecule has 6 nitrogen and oxygen atoms in total. The number of alkyl carbamates (subject to hydrolysis) is 1. The number of carbonyl (C=O) groups excluding carboxylic acids is 2. The van der Waals surface area contributed by atoms with E-state index in [9.17, 15) is 9.59 Å². The molecule has 1 rings (SSSR count). The summed E-state index contributed by atoms with van der Waals surface area (Å²) in [6.45, 7) is 10.3. The van der Waals surface area contributed by atoms with Gasteiger partial charge in [0.2, 0.25) is 5.91 Å². The molecule has 0 aliphatic carbocycles. The molecule has 25 heavy (non-hydrogen) atoms. The first-order chi connectivity index (χ1) is 11.7. The molecule has 0 radical (unpaired) electrons. The monoisotopic (exact) mass is 350 g/mol. The second kappa shape index (κ2) is 10.0. The minimum atomic E-state index is -0.808. The van der Waals surface area contributed by atoms with E-state index in [4.69, 9.17) is 9.47 Å². The third-order valence-corrected chi connectivity index (χ3v) is 3.09. The van der Waals surface area contributed by atoms with Crippen molar-refractivity contribution in [3.05, 3.63) is 35.9 Å². The number of nitrogens with one attached hydrogen (secondary N) is 2. The molecule has 0 aromatic heterocycles. The molecule has 0 fully saturated rings. The highest BCUT2D eigenvalue weighted by Crippen LogP contribution is 2.07. The molecule has 1 aromatic carbocycles. The van der Waals surface area contributed by atoms with E-state index in [1.165, 1.54) is 0 Å². The third-order valence-electron chi connectivity index (χ3n) is 3.09. The van der Waals surface area contributed by atoms with Crippen molar-refractivity contribution in [2.75, 3.05) is 13.2 Å². The number of rotatable bonds is 8. The summed E-state index contributed by atoms with van der Waals surface area (Å²) in [6, 6.07) is 8.84. The molecule has 140 valence electrons. The number of carbonyl (C=O) groups is 2. The molecule has 0 saturated heterocycles. The number of amides is 2. The van der Waals surface area contributed by atoms with Crippen molar-refractivity contribution in [1.82, 2.24) is 10.6 Å². The fourth-order valence-electron chi connectivity index (χ4n) is 1.93. The molecule has 0 spiro atoms. The van der Waals surface area contributed by atoms with Gasteiger partial charge in [0.15, 0.2) is 0 Å². The fourth-order valence-corrected chi connectivity index (χ4v) is 1.93. The van der Waals surface area contributed by atoms with Gasteiger partial charge in [-0.15, -0.1) is 0 Å². The lowest BCUT2D eigenvalue weighted by Crippen LogP contribution is -2.51. The van der Waals surface area contributed by atoms with Crippen LogP contribution in [0.3, 0.4) is 0 Å². The molecule has 0 bridgehead atoms. The second-order valence-corrected chi connectivity index (χ2v) is 7.34. The number of benzene rings is 1. The third kappa shape index (κ3) is 9.72. The van der Waals surface area contributed by atoms with E-state index < -0.39 is 17.7 Å². The van der Waals surface area contributed by atoms with Crippen LogP contribution in [-0.4, -0.2) is 36.8 Å². The average Bonchev–Trinajstić information content (AvgIpc) is 2.51. The topological polar surface area (TPSA) is 76.7 Å². The lowest BCUT2D eigenvalue weighted by molar-refractivity contribution is -0.125. The van der Waals surface area contributed by atoms with E-state index >= 15 is 0 Å². The van der Waals surface area contributed by atoms with Crippen LogP contribution in [0.4, 0.5) is 4.79 Å². The summed E-state index contributed by atoms with van der Waals surface area (Å²) in [5.74, 6) is 0.0315.